The van der Waals surface area contributed by atoms with Crippen LogP contribution in [0.25, 0.3) is 0 Å². The van der Waals surface area contributed by atoms with Gasteiger partial charge in [-0.25, -0.2) is 0 Å². The number of carbonyl (C=O) groups is 2. The van der Waals surface area contributed by atoms with E-state index in [9.17, 15) is 14.7 Å². The predicted octanol–water partition coefficient (Wildman–Crippen LogP) is 1.75. The van der Waals surface area contributed by atoms with Crippen molar-refractivity contribution < 1.29 is 14.7 Å². The van der Waals surface area contributed by atoms with Crippen LogP contribution in [-0.4, -0.2) is 36.1 Å². The molecule has 0 saturated carbocycles. The number of carbonyl (C=O) groups excluding carboxylic acids is 2. The fourth-order valence-corrected chi connectivity index (χ4v) is 2.40. The summed E-state index contributed by atoms with van der Waals surface area (Å²) < 4.78 is 0. The van der Waals surface area contributed by atoms with E-state index in [1.165, 1.54) is 0 Å². The van der Waals surface area contributed by atoms with Crippen molar-refractivity contribution in [3.05, 3.63) is 70.8 Å². The van der Waals surface area contributed by atoms with Crippen molar-refractivity contribution in [2.24, 2.45) is 0 Å². The lowest BCUT2D eigenvalue weighted by atomic mass is 10.1. The maximum absolute atomic E-state index is 12.1. The molecule has 0 spiro atoms. The van der Waals surface area contributed by atoms with Gasteiger partial charge in [0.1, 0.15) is 0 Å². The Bertz CT molecular complexity index is 729. The lowest BCUT2D eigenvalue weighted by Crippen LogP contribution is -2.40. The summed E-state index contributed by atoms with van der Waals surface area (Å²) in [5.41, 5.74) is 3.68. The molecule has 0 aliphatic carbocycles. The van der Waals surface area contributed by atoms with Crippen molar-refractivity contribution in [3.8, 4) is 0 Å². The standard InChI is InChI=1S/C20H24N2O3/c1-14-8-9-17(10-15(14)2)20(25)22-13-19(24)21-12-18(23)11-16-6-4-3-5-7-16/h3-10,18,23H,11-13H2,1-2H3,(H,21,24)(H,22,25). The molecule has 0 heterocycles. The van der Waals surface area contributed by atoms with E-state index >= 15 is 0 Å². The number of benzene rings is 2. The maximum Gasteiger partial charge on any atom is 0.251 e. The second-order valence-corrected chi connectivity index (χ2v) is 6.13. The largest absolute Gasteiger partial charge is 0.391 e. The van der Waals surface area contributed by atoms with Crippen molar-refractivity contribution in [2.45, 2.75) is 26.4 Å². The molecule has 25 heavy (non-hydrogen) atoms. The number of hydrogen-bond acceptors (Lipinski definition) is 3. The Labute approximate surface area is 148 Å². The molecule has 1 atom stereocenters. The van der Waals surface area contributed by atoms with Gasteiger partial charge in [0.05, 0.1) is 12.6 Å². The number of aliphatic hydroxyl groups is 1. The molecular weight excluding hydrogens is 316 g/mol. The molecule has 0 aliphatic rings. The first-order valence-corrected chi connectivity index (χ1v) is 8.30. The number of nitrogens with one attached hydrogen (secondary N) is 2. The molecule has 2 amide bonds. The van der Waals surface area contributed by atoms with Crippen LogP contribution in [0.15, 0.2) is 48.5 Å². The number of rotatable bonds is 7. The molecule has 132 valence electrons. The van der Waals surface area contributed by atoms with Gasteiger partial charge in [-0.3, -0.25) is 9.59 Å². The van der Waals surface area contributed by atoms with Crippen LogP contribution < -0.4 is 10.6 Å². The van der Waals surface area contributed by atoms with E-state index in [1.54, 1.807) is 12.1 Å². The molecule has 5 nitrogen and oxygen atoms in total. The van der Waals surface area contributed by atoms with Crippen molar-refractivity contribution in [1.82, 2.24) is 10.6 Å². The highest BCUT2D eigenvalue weighted by Crippen LogP contribution is 2.09. The molecule has 1 unspecified atom stereocenters. The maximum atomic E-state index is 12.1. The second-order valence-electron chi connectivity index (χ2n) is 6.13. The van der Waals surface area contributed by atoms with Gasteiger partial charge in [0.15, 0.2) is 0 Å². The molecule has 0 aromatic heterocycles. The molecule has 0 fully saturated rings. The summed E-state index contributed by atoms with van der Waals surface area (Å²) in [6.07, 6.45) is -0.197. The Kier molecular flexibility index (Phi) is 6.71. The molecule has 0 bridgehead atoms. The Morgan fingerprint density at radius 3 is 2.40 bits per heavy atom. The van der Waals surface area contributed by atoms with Gasteiger partial charge in [-0.1, -0.05) is 36.4 Å². The van der Waals surface area contributed by atoms with Crippen molar-refractivity contribution >= 4 is 11.8 Å². The summed E-state index contributed by atoms with van der Waals surface area (Å²) in [6.45, 7) is 3.94. The van der Waals surface area contributed by atoms with Crippen LogP contribution in [0.1, 0.15) is 27.0 Å². The summed E-state index contributed by atoms with van der Waals surface area (Å²) >= 11 is 0. The number of amides is 2. The Morgan fingerprint density at radius 1 is 1.00 bits per heavy atom. The van der Waals surface area contributed by atoms with E-state index < -0.39 is 6.10 Å². The van der Waals surface area contributed by atoms with E-state index in [0.717, 1.165) is 16.7 Å². The molecule has 0 saturated heterocycles. The predicted molar refractivity (Wildman–Crippen MR) is 97.4 cm³/mol. The normalized spacial score (nSPS) is 11.6. The van der Waals surface area contributed by atoms with Gasteiger partial charge >= 0.3 is 0 Å². The summed E-state index contributed by atoms with van der Waals surface area (Å²) in [6, 6.07) is 15.0. The molecule has 2 rings (SSSR count). The average Bonchev–Trinajstić information content (AvgIpc) is 2.61. The lowest BCUT2D eigenvalue weighted by molar-refractivity contribution is -0.120. The van der Waals surface area contributed by atoms with Crippen LogP contribution in [-0.2, 0) is 11.2 Å². The summed E-state index contributed by atoms with van der Waals surface area (Å²) in [5, 5.41) is 15.2. The fourth-order valence-electron chi connectivity index (χ4n) is 2.40. The Hall–Kier alpha value is -2.66. The highest BCUT2D eigenvalue weighted by atomic mass is 16.3. The van der Waals surface area contributed by atoms with Crippen molar-refractivity contribution in [1.29, 1.82) is 0 Å². The van der Waals surface area contributed by atoms with Gasteiger partial charge in [-0.15, -0.1) is 0 Å². The third-order valence-corrected chi connectivity index (χ3v) is 4.03. The highest BCUT2D eigenvalue weighted by molar-refractivity contribution is 5.96. The average molecular weight is 340 g/mol. The summed E-state index contributed by atoms with van der Waals surface area (Å²) in [7, 11) is 0. The van der Waals surface area contributed by atoms with E-state index in [-0.39, 0.29) is 24.9 Å². The molecular formula is C20H24N2O3. The molecule has 2 aromatic rings. The Morgan fingerprint density at radius 2 is 1.72 bits per heavy atom. The SMILES string of the molecule is Cc1ccc(C(=O)NCC(=O)NCC(O)Cc2ccccc2)cc1C. The second kappa shape index (κ2) is 8.99. The number of aryl methyl sites for hydroxylation is 2. The Balaban J connectivity index is 1.73. The lowest BCUT2D eigenvalue weighted by Gasteiger charge is -2.12. The van der Waals surface area contributed by atoms with Crippen LogP contribution in [0.5, 0.6) is 0 Å². The first kappa shape index (κ1) is 18.7. The van der Waals surface area contributed by atoms with Gasteiger partial charge in [0.25, 0.3) is 5.91 Å². The minimum atomic E-state index is -0.665. The fraction of sp³-hybridized carbons (Fsp3) is 0.300. The van der Waals surface area contributed by atoms with Crippen molar-refractivity contribution in [2.75, 3.05) is 13.1 Å². The van der Waals surface area contributed by atoms with Gasteiger partial charge in [0, 0.05) is 18.5 Å². The van der Waals surface area contributed by atoms with E-state index in [1.807, 2.05) is 50.2 Å². The van der Waals surface area contributed by atoms with Crippen LogP contribution in [0.3, 0.4) is 0 Å². The highest BCUT2D eigenvalue weighted by Gasteiger charge is 2.11. The van der Waals surface area contributed by atoms with Crippen LogP contribution in [0.2, 0.25) is 0 Å². The van der Waals surface area contributed by atoms with E-state index in [0.29, 0.717) is 12.0 Å². The molecule has 2 aromatic carbocycles. The number of hydrogen-bond donors (Lipinski definition) is 3. The molecule has 5 heteroatoms. The molecule has 3 N–H and O–H groups in total. The third-order valence-electron chi connectivity index (χ3n) is 4.03. The van der Waals surface area contributed by atoms with Gasteiger partial charge in [-0.05, 0) is 42.7 Å². The quantitative estimate of drug-likeness (QED) is 0.718. The molecule has 0 aliphatic heterocycles. The van der Waals surface area contributed by atoms with Gasteiger partial charge < -0.3 is 15.7 Å². The minimum absolute atomic E-state index is 0.121. The summed E-state index contributed by atoms with van der Waals surface area (Å²) in [5.74, 6) is -0.618. The van der Waals surface area contributed by atoms with E-state index in [4.69, 9.17) is 0 Å². The minimum Gasteiger partial charge on any atom is -0.391 e. The van der Waals surface area contributed by atoms with Gasteiger partial charge in [0.2, 0.25) is 5.91 Å². The topological polar surface area (TPSA) is 78.4 Å². The summed E-state index contributed by atoms with van der Waals surface area (Å²) in [4.78, 5) is 23.9. The zero-order chi connectivity index (χ0) is 18.2. The van der Waals surface area contributed by atoms with Crippen LogP contribution in [0.4, 0.5) is 0 Å². The zero-order valence-corrected chi connectivity index (χ0v) is 14.6. The smallest absolute Gasteiger partial charge is 0.251 e. The van der Waals surface area contributed by atoms with Crippen LogP contribution in [0, 0.1) is 13.8 Å². The number of aliphatic hydroxyl groups excluding tert-OH is 1. The zero-order valence-electron chi connectivity index (χ0n) is 14.6. The third kappa shape index (κ3) is 6.04. The van der Waals surface area contributed by atoms with Crippen LogP contribution >= 0.6 is 0 Å². The van der Waals surface area contributed by atoms with Crippen molar-refractivity contribution in [3.63, 3.8) is 0 Å². The monoisotopic (exact) mass is 340 g/mol. The molecule has 0 radical (unpaired) electrons. The van der Waals surface area contributed by atoms with E-state index in [2.05, 4.69) is 10.6 Å². The first-order valence-electron chi connectivity index (χ1n) is 8.30. The van der Waals surface area contributed by atoms with Gasteiger partial charge in [-0.2, -0.15) is 0 Å². The first-order chi connectivity index (χ1) is 12.0.